The van der Waals surface area contributed by atoms with E-state index in [0.29, 0.717) is 0 Å². The monoisotopic (exact) mass is 254 g/mol. The molecule has 0 saturated carbocycles. The Bertz CT molecular complexity index is 710. The second-order valence-electron chi connectivity index (χ2n) is 3.22. The molecule has 1 heterocycles. The number of hydrogen-bond donors (Lipinski definition) is 1. The van der Waals surface area contributed by atoms with Crippen LogP contribution in [0.1, 0.15) is 0 Å². The molecule has 2 aromatic rings. The van der Waals surface area contributed by atoms with Crippen LogP contribution in [0.3, 0.4) is 0 Å². The van der Waals surface area contributed by atoms with Gasteiger partial charge in [0, 0.05) is 5.39 Å². The van der Waals surface area contributed by atoms with Crippen molar-refractivity contribution in [1.82, 2.24) is 4.98 Å². The maximum atomic E-state index is 11.2. The largest absolute Gasteiger partial charge is 0.309 e. The summed E-state index contributed by atoms with van der Waals surface area (Å²) in [5.74, 6) is 0. The summed E-state index contributed by atoms with van der Waals surface area (Å²) in [6, 6.07) is 5.95. The van der Waals surface area contributed by atoms with Crippen LogP contribution < -0.4 is 0 Å². The molecule has 17 heavy (non-hydrogen) atoms. The van der Waals surface area contributed by atoms with Gasteiger partial charge in [-0.05, 0) is 6.07 Å². The van der Waals surface area contributed by atoms with E-state index in [4.69, 9.17) is 4.55 Å². The fourth-order valence-corrected chi connectivity index (χ4v) is 2.35. The molecule has 0 saturated heterocycles. The molecule has 0 radical (unpaired) electrons. The molecule has 2 rings (SSSR count). The standard InChI is InChI=1S/C9H6N2O5S/c12-11(13)8-5-10-7-4-2-1-3-6(7)9(8)17(14,15)16/h1-5H,(H,14,15,16). The van der Waals surface area contributed by atoms with E-state index >= 15 is 0 Å². The number of aromatic nitrogens is 1. The van der Waals surface area contributed by atoms with E-state index in [-0.39, 0.29) is 10.9 Å². The van der Waals surface area contributed by atoms with Crippen LogP contribution in [0.15, 0.2) is 35.4 Å². The molecule has 0 bridgehead atoms. The first kappa shape index (κ1) is 11.4. The van der Waals surface area contributed by atoms with Crippen LogP contribution in [0.25, 0.3) is 10.9 Å². The molecule has 0 fully saturated rings. The number of nitro groups is 1. The number of nitrogens with zero attached hydrogens (tertiary/aromatic N) is 2. The minimum Gasteiger partial charge on any atom is -0.282 e. The predicted molar refractivity (Wildman–Crippen MR) is 58.2 cm³/mol. The molecule has 0 atom stereocenters. The summed E-state index contributed by atoms with van der Waals surface area (Å²) >= 11 is 0. The van der Waals surface area contributed by atoms with Crippen molar-refractivity contribution in [2.75, 3.05) is 0 Å². The fraction of sp³-hybridized carbons (Fsp3) is 0. The van der Waals surface area contributed by atoms with Crippen LogP contribution >= 0.6 is 0 Å². The van der Waals surface area contributed by atoms with E-state index in [0.717, 1.165) is 6.20 Å². The molecule has 0 aliphatic rings. The van der Waals surface area contributed by atoms with Crippen molar-refractivity contribution in [3.63, 3.8) is 0 Å². The van der Waals surface area contributed by atoms with Crippen molar-refractivity contribution in [3.05, 3.63) is 40.6 Å². The summed E-state index contributed by atoms with van der Waals surface area (Å²) in [6.07, 6.45) is 0.811. The third-order valence-electron chi connectivity index (χ3n) is 2.16. The average molecular weight is 254 g/mol. The fourth-order valence-electron chi connectivity index (χ4n) is 1.51. The number of para-hydroxylation sites is 1. The third-order valence-corrected chi connectivity index (χ3v) is 3.11. The van der Waals surface area contributed by atoms with Gasteiger partial charge in [-0.3, -0.25) is 14.7 Å². The maximum absolute atomic E-state index is 11.2. The smallest absolute Gasteiger partial charge is 0.282 e. The highest BCUT2D eigenvalue weighted by Crippen LogP contribution is 2.29. The van der Waals surface area contributed by atoms with E-state index in [2.05, 4.69) is 4.98 Å². The number of fused-ring (bicyclic) bond motifs is 1. The minimum atomic E-state index is -4.69. The zero-order valence-electron chi connectivity index (χ0n) is 8.27. The molecular formula is C9H6N2O5S. The third kappa shape index (κ3) is 1.95. The molecule has 8 heteroatoms. The van der Waals surface area contributed by atoms with E-state index in [1.807, 2.05) is 0 Å². The summed E-state index contributed by atoms with van der Waals surface area (Å²) in [4.78, 5) is 12.8. The molecule has 0 spiro atoms. The lowest BCUT2D eigenvalue weighted by Gasteiger charge is -2.03. The summed E-state index contributed by atoms with van der Waals surface area (Å²) < 4.78 is 31.4. The van der Waals surface area contributed by atoms with E-state index < -0.39 is 25.6 Å². The van der Waals surface area contributed by atoms with Crippen molar-refractivity contribution in [2.45, 2.75) is 4.90 Å². The highest BCUT2D eigenvalue weighted by atomic mass is 32.2. The number of benzene rings is 1. The lowest BCUT2D eigenvalue weighted by molar-refractivity contribution is -0.388. The molecule has 0 amide bonds. The highest BCUT2D eigenvalue weighted by Gasteiger charge is 2.27. The first-order valence-corrected chi connectivity index (χ1v) is 5.85. The van der Waals surface area contributed by atoms with Gasteiger partial charge in [-0.1, -0.05) is 18.2 Å². The van der Waals surface area contributed by atoms with Crippen molar-refractivity contribution in [2.24, 2.45) is 0 Å². The van der Waals surface area contributed by atoms with E-state index in [9.17, 15) is 18.5 Å². The highest BCUT2D eigenvalue weighted by molar-refractivity contribution is 7.86. The zero-order valence-corrected chi connectivity index (χ0v) is 9.09. The van der Waals surface area contributed by atoms with Crippen LogP contribution in [0.2, 0.25) is 0 Å². The van der Waals surface area contributed by atoms with Gasteiger partial charge in [0.1, 0.15) is 6.20 Å². The van der Waals surface area contributed by atoms with Gasteiger partial charge in [-0.25, -0.2) is 4.98 Å². The van der Waals surface area contributed by atoms with Gasteiger partial charge in [-0.2, -0.15) is 8.42 Å². The van der Waals surface area contributed by atoms with Gasteiger partial charge >= 0.3 is 15.8 Å². The van der Waals surface area contributed by atoms with Crippen molar-refractivity contribution >= 4 is 26.7 Å². The first-order valence-electron chi connectivity index (χ1n) is 4.41. The Balaban J connectivity index is 3.00. The van der Waals surface area contributed by atoms with Gasteiger partial charge in [-0.15, -0.1) is 0 Å². The molecule has 1 aromatic heterocycles. The topological polar surface area (TPSA) is 110 Å². The quantitative estimate of drug-likeness (QED) is 0.492. The second-order valence-corrected chi connectivity index (χ2v) is 4.58. The van der Waals surface area contributed by atoms with E-state index in [1.165, 1.54) is 18.2 Å². The summed E-state index contributed by atoms with van der Waals surface area (Å²) in [5, 5.41) is 10.7. The maximum Gasteiger partial charge on any atom is 0.309 e. The zero-order chi connectivity index (χ0) is 12.6. The Labute approximate surface area is 95.6 Å². The van der Waals surface area contributed by atoms with Crippen LogP contribution in [0.4, 0.5) is 5.69 Å². The first-order chi connectivity index (χ1) is 7.91. The van der Waals surface area contributed by atoms with Gasteiger partial charge < -0.3 is 0 Å². The molecule has 7 nitrogen and oxygen atoms in total. The Morgan fingerprint density at radius 2 is 1.94 bits per heavy atom. The van der Waals surface area contributed by atoms with Crippen LogP contribution in [0.5, 0.6) is 0 Å². The molecule has 0 aliphatic carbocycles. The predicted octanol–water partition coefficient (Wildman–Crippen LogP) is 1.39. The van der Waals surface area contributed by atoms with Gasteiger partial charge in [0.05, 0.1) is 10.4 Å². The van der Waals surface area contributed by atoms with Crippen LogP contribution in [-0.4, -0.2) is 22.9 Å². The summed E-state index contributed by atoms with van der Waals surface area (Å²) in [6.45, 7) is 0. The molecule has 0 aliphatic heterocycles. The second kappa shape index (κ2) is 3.75. The SMILES string of the molecule is O=[N+]([O-])c1cnc2ccccc2c1S(=O)(=O)O. The Morgan fingerprint density at radius 1 is 1.29 bits per heavy atom. The Kier molecular flexibility index (Phi) is 2.52. The molecular weight excluding hydrogens is 248 g/mol. The number of pyridine rings is 1. The minimum absolute atomic E-state index is 0.0178. The van der Waals surface area contributed by atoms with Gasteiger partial charge in [0.25, 0.3) is 0 Å². The van der Waals surface area contributed by atoms with Gasteiger partial charge in [0.2, 0.25) is 0 Å². The van der Waals surface area contributed by atoms with Crippen LogP contribution in [-0.2, 0) is 10.1 Å². The number of rotatable bonds is 2. The summed E-state index contributed by atoms with van der Waals surface area (Å²) in [7, 11) is -4.69. The lowest BCUT2D eigenvalue weighted by atomic mass is 10.2. The molecule has 88 valence electrons. The Morgan fingerprint density at radius 3 is 2.53 bits per heavy atom. The normalized spacial score (nSPS) is 11.6. The average Bonchev–Trinajstić information content (AvgIpc) is 2.26. The van der Waals surface area contributed by atoms with E-state index in [1.54, 1.807) is 6.07 Å². The summed E-state index contributed by atoms with van der Waals surface area (Å²) in [5.41, 5.74) is -0.489. The van der Waals surface area contributed by atoms with Gasteiger partial charge in [0.15, 0.2) is 4.90 Å². The molecule has 1 N–H and O–H groups in total. The Hall–Kier alpha value is -2.06. The molecule has 0 unspecified atom stereocenters. The van der Waals surface area contributed by atoms with Crippen LogP contribution in [0, 0.1) is 10.1 Å². The van der Waals surface area contributed by atoms with Crippen molar-refractivity contribution in [3.8, 4) is 0 Å². The van der Waals surface area contributed by atoms with Crippen molar-refractivity contribution in [1.29, 1.82) is 0 Å². The molecule has 1 aromatic carbocycles. The number of hydrogen-bond acceptors (Lipinski definition) is 5. The lowest BCUT2D eigenvalue weighted by Crippen LogP contribution is -2.05. The van der Waals surface area contributed by atoms with Crippen molar-refractivity contribution < 1.29 is 17.9 Å².